The number of Topliss-reactive ketones (excluding diaryl/α,β-unsaturated/α-hetero) is 1. The Morgan fingerprint density at radius 3 is 2.47 bits per heavy atom. The highest BCUT2D eigenvalue weighted by Gasteiger charge is 2.26. The van der Waals surface area contributed by atoms with Crippen LogP contribution in [-0.2, 0) is 0 Å². The minimum Gasteiger partial charge on any atom is -0.289 e. The molecule has 0 bridgehead atoms. The van der Waals surface area contributed by atoms with Gasteiger partial charge in [-0.15, -0.1) is 0 Å². The van der Waals surface area contributed by atoms with Gasteiger partial charge in [-0.25, -0.2) is 0 Å². The van der Waals surface area contributed by atoms with Crippen molar-refractivity contribution in [2.45, 2.75) is 20.3 Å². The highest BCUT2D eigenvalue weighted by atomic mass is 16.1. The molecule has 0 fully saturated rings. The van der Waals surface area contributed by atoms with Crippen LogP contribution in [0, 0.1) is 0 Å². The Bertz CT molecular complexity index is 530. The van der Waals surface area contributed by atoms with Crippen molar-refractivity contribution in [2.24, 2.45) is 0 Å². The van der Waals surface area contributed by atoms with Crippen LogP contribution in [0.5, 0.6) is 0 Å². The molecule has 0 atom stereocenters. The highest BCUT2D eigenvalue weighted by Crippen LogP contribution is 2.36. The molecular weight excluding hydrogens is 208 g/mol. The SMILES string of the molecule is CC.O=C1C2=C(C=CC=CC2)c2ccccc21. The quantitative estimate of drug-likeness (QED) is 0.646. The summed E-state index contributed by atoms with van der Waals surface area (Å²) >= 11 is 0. The van der Waals surface area contributed by atoms with Gasteiger partial charge in [0.2, 0.25) is 0 Å². The first-order valence-electron chi connectivity index (χ1n) is 6.08. The van der Waals surface area contributed by atoms with Crippen LogP contribution in [-0.4, -0.2) is 5.78 Å². The van der Waals surface area contributed by atoms with Crippen LogP contribution >= 0.6 is 0 Å². The molecule has 0 spiro atoms. The van der Waals surface area contributed by atoms with Crippen LogP contribution in [0.15, 0.2) is 54.1 Å². The van der Waals surface area contributed by atoms with E-state index in [1.807, 2.05) is 62.4 Å². The number of carbonyl (C=O) groups is 1. The molecule has 1 nitrogen and oxygen atoms in total. The van der Waals surface area contributed by atoms with Crippen molar-refractivity contribution < 1.29 is 4.79 Å². The van der Waals surface area contributed by atoms with E-state index >= 15 is 0 Å². The Morgan fingerprint density at radius 1 is 1.00 bits per heavy atom. The van der Waals surface area contributed by atoms with Crippen molar-refractivity contribution in [3.63, 3.8) is 0 Å². The fourth-order valence-electron chi connectivity index (χ4n) is 2.17. The lowest BCUT2D eigenvalue weighted by Gasteiger charge is -1.98. The summed E-state index contributed by atoms with van der Waals surface area (Å²) in [5.74, 6) is 0.191. The molecule has 1 heteroatoms. The van der Waals surface area contributed by atoms with E-state index in [2.05, 4.69) is 0 Å². The van der Waals surface area contributed by atoms with Crippen LogP contribution in [0.2, 0.25) is 0 Å². The fourth-order valence-corrected chi connectivity index (χ4v) is 2.17. The maximum Gasteiger partial charge on any atom is 0.190 e. The first-order valence-corrected chi connectivity index (χ1v) is 6.08. The predicted molar refractivity (Wildman–Crippen MR) is 71.9 cm³/mol. The standard InChI is InChI=1S/C14H10O.C2H6/c15-14-12-8-3-1-2-6-10(12)11-7-4-5-9-13(11)14;1-2/h1-7,9H,8H2;1-2H3. The van der Waals surface area contributed by atoms with Gasteiger partial charge in [-0.1, -0.05) is 62.4 Å². The molecule has 0 aliphatic heterocycles. The summed E-state index contributed by atoms with van der Waals surface area (Å²) in [5.41, 5.74) is 3.96. The van der Waals surface area contributed by atoms with Crippen LogP contribution in [0.1, 0.15) is 36.2 Å². The average molecular weight is 224 g/mol. The van der Waals surface area contributed by atoms with E-state index in [-0.39, 0.29) is 5.78 Å². The Morgan fingerprint density at radius 2 is 1.71 bits per heavy atom. The molecule has 0 unspecified atom stereocenters. The van der Waals surface area contributed by atoms with Crippen molar-refractivity contribution in [3.05, 3.63) is 65.3 Å². The van der Waals surface area contributed by atoms with Crippen LogP contribution in [0.3, 0.4) is 0 Å². The lowest BCUT2D eigenvalue weighted by atomic mass is 10.1. The summed E-state index contributed by atoms with van der Waals surface area (Å²) in [5, 5.41) is 0. The minimum absolute atomic E-state index is 0.191. The third-order valence-electron chi connectivity index (χ3n) is 2.89. The predicted octanol–water partition coefficient (Wildman–Crippen LogP) is 4.18. The third-order valence-corrected chi connectivity index (χ3v) is 2.89. The molecule has 1 aromatic rings. The Kier molecular flexibility index (Phi) is 3.38. The second kappa shape index (κ2) is 4.96. The Balaban J connectivity index is 0.000000514. The average Bonchev–Trinajstić information content (AvgIpc) is 2.59. The van der Waals surface area contributed by atoms with E-state index in [0.717, 1.165) is 28.7 Å². The largest absolute Gasteiger partial charge is 0.289 e. The zero-order valence-electron chi connectivity index (χ0n) is 10.2. The smallest absolute Gasteiger partial charge is 0.190 e. The van der Waals surface area contributed by atoms with E-state index in [1.165, 1.54) is 0 Å². The van der Waals surface area contributed by atoms with Gasteiger partial charge in [-0.05, 0) is 17.6 Å². The number of ketones is 1. The number of fused-ring (bicyclic) bond motifs is 2. The van der Waals surface area contributed by atoms with Gasteiger partial charge in [0.1, 0.15) is 0 Å². The van der Waals surface area contributed by atoms with Gasteiger partial charge in [0.15, 0.2) is 5.78 Å². The number of allylic oxidation sites excluding steroid dienone is 6. The molecule has 1 aromatic carbocycles. The van der Waals surface area contributed by atoms with E-state index in [4.69, 9.17) is 0 Å². The van der Waals surface area contributed by atoms with Gasteiger partial charge >= 0.3 is 0 Å². The maximum atomic E-state index is 12.1. The van der Waals surface area contributed by atoms with Crippen LogP contribution < -0.4 is 0 Å². The zero-order chi connectivity index (χ0) is 12.3. The van der Waals surface area contributed by atoms with Crippen molar-refractivity contribution in [2.75, 3.05) is 0 Å². The Hall–Kier alpha value is -1.89. The molecule has 2 aliphatic rings. The molecule has 0 saturated carbocycles. The summed E-state index contributed by atoms with van der Waals surface area (Å²) in [6, 6.07) is 7.83. The van der Waals surface area contributed by atoms with Gasteiger partial charge in [0.25, 0.3) is 0 Å². The topological polar surface area (TPSA) is 17.1 Å². The number of rotatable bonds is 0. The van der Waals surface area contributed by atoms with Crippen molar-refractivity contribution in [1.29, 1.82) is 0 Å². The lowest BCUT2D eigenvalue weighted by molar-refractivity contribution is 0.103. The second-order valence-corrected chi connectivity index (χ2v) is 3.76. The Labute approximate surface area is 102 Å². The molecule has 0 aromatic heterocycles. The fraction of sp³-hybridized carbons (Fsp3) is 0.188. The van der Waals surface area contributed by atoms with E-state index < -0.39 is 0 Å². The van der Waals surface area contributed by atoms with Crippen molar-refractivity contribution in [1.82, 2.24) is 0 Å². The highest BCUT2D eigenvalue weighted by molar-refractivity contribution is 6.22. The first-order chi connectivity index (χ1) is 8.38. The van der Waals surface area contributed by atoms with Crippen LogP contribution in [0.4, 0.5) is 0 Å². The van der Waals surface area contributed by atoms with Gasteiger partial charge in [0, 0.05) is 11.1 Å². The molecule has 2 aliphatic carbocycles. The van der Waals surface area contributed by atoms with Gasteiger partial charge < -0.3 is 0 Å². The summed E-state index contributed by atoms with van der Waals surface area (Å²) in [4.78, 5) is 12.1. The molecule has 0 N–H and O–H groups in total. The number of carbonyl (C=O) groups excluding carboxylic acids is 1. The normalized spacial score (nSPS) is 16.0. The van der Waals surface area contributed by atoms with Crippen molar-refractivity contribution >= 4 is 11.4 Å². The molecular formula is C16H16O. The van der Waals surface area contributed by atoms with E-state index in [1.54, 1.807) is 0 Å². The third kappa shape index (κ3) is 1.89. The van der Waals surface area contributed by atoms with Crippen LogP contribution in [0.25, 0.3) is 5.57 Å². The number of hydrogen-bond acceptors (Lipinski definition) is 1. The number of benzene rings is 1. The number of hydrogen-bond donors (Lipinski definition) is 0. The summed E-state index contributed by atoms with van der Waals surface area (Å²) in [6.07, 6.45) is 8.80. The first kappa shape index (κ1) is 11.6. The molecule has 0 amide bonds. The molecule has 17 heavy (non-hydrogen) atoms. The molecule has 0 radical (unpaired) electrons. The second-order valence-electron chi connectivity index (χ2n) is 3.76. The molecule has 86 valence electrons. The van der Waals surface area contributed by atoms with Gasteiger partial charge in [0.05, 0.1) is 0 Å². The van der Waals surface area contributed by atoms with Gasteiger partial charge in [-0.2, -0.15) is 0 Å². The summed E-state index contributed by atoms with van der Waals surface area (Å²) in [6.45, 7) is 4.00. The summed E-state index contributed by atoms with van der Waals surface area (Å²) in [7, 11) is 0. The minimum atomic E-state index is 0.191. The van der Waals surface area contributed by atoms with Gasteiger partial charge in [-0.3, -0.25) is 4.79 Å². The van der Waals surface area contributed by atoms with E-state index in [0.29, 0.717) is 0 Å². The van der Waals surface area contributed by atoms with E-state index in [9.17, 15) is 4.79 Å². The maximum absolute atomic E-state index is 12.1. The molecule has 0 heterocycles. The summed E-state index contributed by atoms with van der Waals surface area (Å²) < 4.78 is 0. The lowest BCUT2D eigenvalue weighted by Crippen LogP contribution is -1.97. The molecule has 0 saturated heterocycles. The monoisotopic (exact) mass is 224 g/mol. The zero-order valence-corrected chi connectivity index (χ0v) is 10.2. The molecule has 3 rings (SSSR count). The van der Waals surface area contributed by atoms with Crippen molar-refractivity contribution in [3.8, 4) is 0 Å².